The van der Waals surface area contributed by atoms with Crippen LogP contribution in [0, 0.1) is 5.41 Å². The maximum Gasteiger partial charge on any atom is 0.303 e. The van der Waals surface area contributed by atoms with E-state index in [1.807, 2.05) is 0 Å². The Morgan fingerprint density at radius 1 is 1.33 bits per heavy atom. The smallest absolute Gasteiger partial charge is 0.303 e. The van der Waals surface area contributed by atoms with E-state index >= 15 is 0 Å². The molecule has 0 unspecified atom stereocenters. The van der Waals surface area contributed by atoms with E-state index in [9.17, 15) is 4.79 Å². The second-order valence-corrected chi connectivity index (χ2v) is 3.94. The van der Waals surface area contributed by atoms with Crippen molar-refractivity contribution in [3.8, 4) is 0 Å². The van der Waals surface area contributed by atoms with Gasteiger partial charge in [0.1, 0.15) is 0 Å². The molecule has 0 amide bonds. The van der Waals surface area contributed by atoms with E-state index in [2.05, 4.69) is 6.92 Å². The fraction of sp³-hybridized carbons (Fsp3) is 0.889. The van der Waals surface area contributed by atoms with Gasteiger partial charge in [-0.3, -0.25) is 4.79 Å². The molecule has 0 aromatic rings. The number of rotatable bonds is 2. The molecular formula is C9H19AlO2. The SMILES string of the molecule is CC1(CC(=O)O)CCCCC1.[AlH3]. The van der Waals surface area contributed by atoms with Gasteiger partial charge in [0, 0.05) is 0 Å². The van der Waals surface area contributed by atoms with Gasteiger partial charge in [0.05, 0.1) is 6.42 Å². The van der Waals surface area contributed by atoms with Gasteiger partial charge in [-0.1, -0.05) is 26.2 Å². The Kier molecular flexibility index (Phi) is 4.89. The third kappa shape index (κ3) is 3.60. The van der Waals surface area contributed by atoms with Crippen molar-refractivity contribution in [3.05, 3.63) is 0 Å². The van der Waals surface area contributed by atoms with Gasteiger partial charge in [-0.05, 0) is 18.3 Å². The minimum absolute atomic E-state index is 0. The van der Waals surface area contributed by atoms with Gasteiger partial charge in [-0.25, -0.2) is 0 Å². The fourth-order valence-corrected chi connectivity index (χ4v) is 1.95. The van der Waals surface area contributed by atoms with Gasteiger partial charge in [-0.15, -0.1) is 0 Å². The summed E-state index contributed by atoms with van der Waals surface area (Å²) in [6.45, 7) is 2.10. The monoisotopic (exact) mass is 186 g/mol. The van der Waals surface area contributed by atoms with Gasteiger partial charge in [0.25, 0.3) is 0 Å². The van der Waals surface area contributed by atoms with E-state index in [1.165, 1.54) is 19.3 Å². The van der Waals surface area contributed by atoms with Crippen LogP contribution in [0.1, 0.15) is 45.4 Å². The molecular weight excluding hydrogens is 167 g/mol. The van der Waals surface area contributed by atoms with Gasteiger partial charge in [0.2, 0.25) is 0 Å². The van der Waals surface area contributed by atoms with Gasteiger partial charge in [0.15, 0.2) is 17.4 Å². The molecule has 1 aliphatic rings. The Balaban J connectivity index is 0.00000121. The highest BCUT2D eigenvalue weighted by atomic mass is 27.0. The average Bonchev–Trinajstić information content (AvgIpc) is 1.85. The third-order valence-corrected chi connectivity index (χ3v) is 2.64. The van der Waals surface area contributed by atoms with E-state index in [0.29, 0.717) is 6.42 Å². The molecule has 1 aliphatic carbocycles. The number of carboxylic acids is 1. The number of carboxylic acid groups (broad SMARTS) is 1. The number of hydrogen-bond donors (Lipinski definition) is 1. The number of hydrogen-bond acceptors (Lipinski definition) is 1. The standard InChI is InChI=1S/C9H16O2.Al.3H/c1-9(7-8(10)11)5-3-2-4-6-9;;;;/h2-7H2,1H3,(H,10,11);;;;. The first-order valence-corrected chi connectivity index (χ1v) is 4.34. The van der Waals surface area contributed by atoms with Crippen LogP contribution in [0.2, 0.25) is 0 Å². The highest BCUT2D eigenvalue weighted by molar-refractivity contribution is 5.75. The first kappa shape index (κ1) is 12.0. The summed E-state index contributed by atoms with van der Waals surface area (Å²) in [7, 11) is 0. The molecule has 0 saturated heterocycles. The lowest BCUT2D eigenvalue weighted by molar-refractivity contribution is -0.140. The summed E-state index contributed by atoms with van der Waals surface area (Å²) in [5.74, 6) is -0.644. The predicted molar refractivity (Wildman–Crippen MR) is 53.4 cm³/mol. The Morgan fingerprint density at radius 2 is 1.83 bits per heavy atom. The average molecular weight is 186 g/mol. The lowest BCUT2D eigenvalue weighted by Crippen LogP contribution is -2.23. The van der Waals surface area contributed by atoms with Crippen LogP contribution in [0.4, 0.5) is 0 Å². The molecule has 3 heteroatoms. The normalized spacial score (nSPS) is 21.1. The molecule has 70 valence electrons. The molecule has 0 aromatic heterocycles. The van der Waals surface area contributed by atoms with Crippen LogP contribution in [0.5, 0.6) is 0 Å². The highest BCUT2D eigenvalue weighted by Gasteiger charge is 2.28. The zero-order chi connectivity index (χ0) is 8.32. The minimum Gasteiger partial charge on any atom is -0.481 e. The van der Waals surface area contributed by atoms with Crippen molar-refractivity contribution in [2.75, 3.05) is 0 Å². The van der Waals surface area contributed by atoms with Crippen LogP contribution in [0.15, 0.2) is 0 Å². The summed E-state index contributed by atoms with van der Waals surface area (Å²) in [6, 6.07) is 0. The van der Waals surface area contributed by atoms with Crippen LogP contribution in [-0.2, 0) is 4.79 Å². The van der Waals surface area contributed by atoms with E-state index in [0.717, 1.165) is 12.8 Å². The summed E-state index contributed by atoms with van der Waals surface area (Å²) >= 11 is 0. The van der Waals surface area contributed by atoms with Gasteiger partial charge >= 0.3 is 5.97 Å². The largest absolute Gasteiger partial charge is 0.481 e. The topological polar surface area (TPSA) is 37.3 Å². The Bertz CT molecular complexity index is 151. The quantitative estimate of drug-likeness (QED) is 0.659. The predicted octanol–water partition coefficient (Wildman–Crippen LogP) is 1.25. The van der Waals surface area contributed by atoms with Crippen molar-refractivity contribution in [1.29, 1.82) is 0 Å². The molecule has 1 fully saturated rings. The molecule has 1 N–H and O–H groups in total. The summed E-state index contributed by atoms with van der Waals surface area (Å²) in [4.78, 5) is 10.5. The van der Waals surface area contributed by atoms with Crippen LogP contribution < -0.4 is 0 Å². The Labute approximate surface area is 84.5 Å². The third-order valence-electron chi connectivity index (χ3n) is 2.64. The van der Waals surface area contributed by atoms with Crippen molar-refractivity contribution < 1.29 is 9.90 Å². The first-order valence-electron chi connectivity index (χ1n) is 4.34. The van der Waals surface area contributed by atoms with Crippen molar-refractivity contribution in [2.45, 2.75) is 45.4 Å². The number of aliphatic carboxylic acids is 1. The lowest BCUT2D eigenvalue weighted by Gasteiger charge is -2.31. The summed E-state index contributed by atoms with van der Waals surface area (Å²) in [5.41, 5.74) is 0.101. The van der Waals surface area contributed by atoms with Crippen LogP contribution in [0.25, 0.3) is 0 Å². The van der Waals surface area contributed by atoms with E-state index < -0.39 is 5.97 Å². The second kappa shape index (κ2) is 4.89. The van der Waals surface area contributed by atoms with E-state index in [1.54, 1.807) is 0 Å². The highest BCUT2D eigenvalue weighted by Crippen LogP contribution is 2.38. The van der Waals surface area contributed by atoms with E-state index in [-0.39, 0.29) is 22.8 Å². The summed E-state index contributed by atoms with van der Waals surface area (Å²) in [6.07, 6.45) is 6.26. The van der Waals surface area contributed by atoms with Crippen LogP contribution in [-0.4, -0.2) is 28.4 Å². The lowest BCUT2D eigenvalue weighted by atomic mass is 9.73. The molecule has 0 bridgehead atoms. The summed E-state index contributed by atoms with van der Waals surface area (Å²) in [5, 5.41) is 8.63. The van der Waals surface area contributed by atoms with Crippen molar-refractivity contribution in [3.63, 3.8) is 0 Å². The van der Waals surface area contributed by atoms with Gasteiger partial charge in [-0.2, -0.15) is 0 Å². The first-order chi connectivity index (χ1) is 5.12. The molecule has 1 saturated carbocycles. The fourth-order valence-electron chi connectivity index (χ4n) is 1.95. The van der Waals surface area contributed by atoms with Crippen molar-refractivity contribution in [1.82, 2.24) is 0 Å². The summed E-state index contributed by atoms with van der Waals surface area (Å²) < 4.78 is 0. The molecule has 0 aliphatic heterocycles. The molecule has 0 atom stereocenters. The maximum absolute atomic E-state index is 10.5. The van der Waals surface area contributed by atoms with Crippen molar-refractivity contribution >= 4 is 23.3 Å². The van der Waals surface area contributed by atoms with Crippen LogP contribution >= 0.6 is 0 Å². The number of carbonyl (C=O) groups is 1. The molecule has 0 spiro atoms. The molecule has 2 nitrogen and oxygen atoms in total. The minimum atomic E-state index is -0.644. The maximum atomic E-state index is 10.5. The molecule has 0 aromatic carbocycles. The van der Waals surface area contributed by atoms with Crippen LogP contribution in [0.3, 0.4) is 0 Å². The molecule has 12 heavy (non-hydrogen) atoms. The molecule has 0 heterocycles. The zero-order valence-corrected chi connectivity index (χ0v) is 7.10. The van der Waals surface area contributed by atoms with E-state index in [4.69, 9.17) is 5.11 Å². The second-order valence-electron chi connectivity index (χ2n) is 3.94. The van der Waals surface area contributed by atoms with Crippen molar-refractivity contribution in [2.24, 2.45) is 5.41 Å². The zero-order valence-electron chi connectivity index (χ0n) is 7.10. The molecule has 1 rings (SSSR count). The molecule has 0 radical (unpaired) electrons. The Morgan fingerprint density at radius 3 is 2.25 bits per heavy atom. The Hall–Kier alpha value is 0.00247. The van der Waals surface area contributed by atoms with Gasteiger partial charge < -0.3 is 5.11 Å².